The molecule has 22 heavy (non-hydrogen) atoms. The van der Waals surface area contributed by atoms with Gasteiger partial charge in [0.1, 0.15) is 0 Å². The summed E-state index contributed by atoms with van der Waals surface area (Å²) in [7, 11) is 0. The quantitative estimate of drug-likeness (QED) is 0.801. The maximum atomic E-state index is 12.6. The fourth-order valence-corrected chi connectivity index (χ4v) is 2.60. The maximum absolute atomic E-state index is 12.6. The first-order valence-corrected chi connectivity index (χ1v) is 8.41. The highest BCUT2D eigenvalue weighted by Crippen LogP contribution is 2.30. The van der Waals surface area contributed by atoms with Crippen molar-refractivity contribution in [1.29, 1.82) is 0 Å². The molecule has 2 heteroatoms. The third-order valence-corrected chi connectivity index (χ3v) is 4.10. The number of hydrogen-bond donors (Lipinski definition) is 1. The normalized spacial score (nSPS) is 13.7. The number of amides is 1. The summed E-state index contributed by atoms with van der Waals surface area (Å²) >= 11 is 0. The van der Waals surface area contributed by atoms with Crippen LogP contribution in [0, 0.1) is 16.7 Å². The summed E-state index contributed by atoms with van der Waals surface area (Å²) in [5, 5.41) is 3.14. The monoisotopic (exact) mass is 303 g/mol. The SMILES string of the molecule is CC(C)(C)CCNC(=O)[C@H](CCc1ccccc1)C(C)(C)C. The molecular weight excluding hydrogens is 270 g/mol. The van der Waals surface area contributed by atoms with Crippen molar-refractivity contribution in [2.24, 2.45) is 16.7 Å². The van der Waals surface area contributed by atoms with E-state index in [0.29, 0.717) is 0 Å². The maximum Gasteiger partial charge on any atom is 0.223 e. The molecule has 2 nitrogen and oxygen atoms in total. The van der Waals surface area contributed by atoms with Gasteiger partial charge in [-0.3, -0.25) is 4.79 Å². The van der Waals surface area contributed by atoms with Crippen LogP contribution < -0.4 is 5.32 Å². The third-order valence-electron chi connectivity index (χ3n) is 4.10. The molecule has 0 spiro atoms. The van der Waals surface area contributed by atoms with Crippen LogP contribution >= 0.6 is 0 Å². The minimum absolute atomic E-state index is 0.0133. The minimum atomic E-state index is -0.0133. The van der Waals surface area contributed by atoms with E-state index in [1.165, 1.54) is 5.56 Å². The van der Waals surface area contributed by atoms with Gasteiger partial charge >= 0.3 is 0 Å². The molecule has 0 fully saturated rings. The van der Waals surface area contributed by atoms with Crippen molar-refractivity contribution in [3.05, 3.63) is 35.9 Å². The zero-order chi connectivity index (χ0) is 16.8. The molecule has 1 aromatic carbocycles. The third kappa shape index (κ3) is 7.11. The molecule has 0 aliphatic rings. The average molecular weight is 303 g/mol. The van der Waals surface area contributed by atoms with E-state index < -0.39 is 0 Å². The smallest absolute Gasteiger partial charge is 0.223 e. The van der Waals surface area contributed by atoms with Gasteiger partial charge in [-0.25, -0.2) is 0 Å². The number of carbonyl (C=O) groups is 1. The lowest BCUT2D eigenvalue weighted by Gasteiger charge is -2.30. The molecule has 0 saturated carbocycles. The molecule has 1 atom stereocenters. The van der Waals surface area contributed by atoms with Crippen molar-refractivity contribution >= 4 is 5.91 Å². The second kappa shape index (κ2) is 7.80. The Balaban J connectivity index is 2.59. The van der Waals surface area contributed by atoms with Gasteiger partial charge in [0.15, 0.2) is 0 Å². The zero-order valence-electron chi connectivity index (χ0n) is 15.2. The van der Waals surface area contributed by atoms with Crippen LogP contribution in [0.5, 0.6) is 0 Å². The van der Waals surface area contributed by atoms with Gasteiger partial charge in [0, 0.05) is 12.5 Å². The molecule has 0 heterocycles. The minimum Gasteiger partial charge on any atom is -0.356 e. The Morgan fingerprint density at radius 2 is 1.64 bits per heavy atom. The van der Waals surface area contributed by atoms with Crippen LogP contribution in [0.1, 0.15) is 59.9 Å². The Bertz CT molecular complexity index is 451. The van der Waals surface area contributed by atoms with Gasteiger partial charge in [0.2, 0.25) is 5.91 Å². The standard InChI is InChI=1S/C20H33NO/c1-19(2,3)14-15-21-18(22)17(20(4,5)6)13-12-16-10-8-7-9-11-16/h7-11,17H,12-15H2,1-6H3,(H,21,22)/t17-/m0/s1. The van der Waals surface area contributed by atoms with E-state index in [4.69, 9.17) is 0 Å². The van der Waals surface area contributed by atoms with E-state index >= 15 is 0 Å². The summed E-state index contributed by atoms with van der Waals surface area (Å²) in [6.45, 7) is 13.9. The van der Waals surface area contributed by atoms with Crippen LogP contribution in [-0.2, 0) is 11.2 Å². The molecule has 0 aliphatic carbocycles. The molecule has 1 rings (SSSR count). The van der Waals surface area contributed by atoms with Gasteiger partial charge in [0.25, 0.3) is 0 Å². The molecule has 0 radical (unpaired) electrons. The van der Waals surface area contributed by atoms with Crippen molar-refractivity contribution in [2.75, 3.05) is 6.54 Å². The Kier molecular flexibility index (Phi) is 6.65. The number of carbonyl (C=O) groups excluding carboxylic acids is 1. The first kappa shape index (κ1) is 18.7. The fourth-order valence-electron chi connectivity index (χ4n) is 2.60. The summed E-state index contributed by atoms with van der Waals surface area (Å²) in [5.41, 5.74) is 1.55. The summed E-state index contributed by atoms with van der Waals surface area (Å²) in [4.78, 5) is 12.6. The molecule has 0 aliphatic heterocycles. The molecule has 1 amide bonds. The summed E-state index contributed by atoms with van der Waals surface area (Å²) in [5.74, 6) is 0.250. The zero-order valence-corrected chi connectivity index (χ0v) is 15.2. The van der Waals surface area contributed by atoms with E-state index in [9.17, 15) is 4.79 Å². The van der Waals surface area contributed by atoms with E-state index in [-0.39, 0.29) is 22.7 Å². The Labute approximate surface area is 136 Å². The van der Waals surface area contributed by atoms with Gasteiger partial charge in [0.05, 0.1) is 0 Å². The van der Waals surface area contributed by atoms with Crippen LogP contribution in [0.4, 0.5) is 0 Å². The van der Waals surface area contributed by atoms with Gasteiger partial charge in [-0.05, 0) is 35.7 Å². The Morgan fingerprint density at radius 1 is 1.05 bits per heavy atom. The first-order valence-electron chi connectivity index (χ1n) is 8.41. The largest absolute Gasteiger partial charge is 0.356 e. The second-order valence-corrected chi connectivity index (χ2v) is 8.54. The second-order valence-electron chi connectivity index (χ2n) is 8.54. The van der Waals surface area contributed by atoms with E-state index in [1.807, 2.05) is 6.07 Å². The van der Waals surface area contributed by atoms with Gasteiger partial charge in [-0.15, -0.1) is 0 Å². The van der Waals surface area contributed by atoms with E-state index in [1.54, 1.807) is 0 Å². The fraction of sp³-hybridized carbons (Fsp3) is 0.650. The predicted octanol–water partition coefficient (Wildman–Crippen LogP) is 4.83. The van der Waals surface area contributed by atoms with Gasteiger partial charge in [-0.2, -0.15) is 0 Å². The summed E-state index contributed by atoms with van der Waals surface area (Å²) in [6, 6.07) is 10.4. The molecule has 1 N–H and O–H groups in total. The molecule has 0 bridgehead atoms. The molecule has 0 saturated heterocycles. The van der Waals surface area contributed by atoms with Gasteiger partial charge in [-0.1, -0.05) is 71.9 Å². The molecule has 0 unspecified atom stereocenters. The summed E-state index contributed by atoms with van der Waals surface area (Å²) in [6.07, 6.45) is 2.86. The first-order chi connectivity index (χ1) is 10.1. The number of aryl methyl sites for hydroxylation is 1. The lowest BCUT2D eigenvalue weighted by molar-refractivity contribution is -0.128. The lowest BCUT2D eigenvalue weighted by Crippen LogP contribution is -2.39. The molecule has 1 aromatic rings. The van der Waals surface area contributed by atoms with Crippen LogP contribution in [-0.4, -0.2) is 12.5 Å². The van der Waals surface area contributed by atoms with Crippen molar-refractivity contribution in [3.8, 4) is 0 Å². The van der Waals surface area contributed by atoms with E-state index in [2.05, 4.69) is 71.1 Å². The van der Waals surface area contributed by atoms with Crippen LogP contribution in [0.3, 0.4) is 0 Å². The molecular formula is C20H33NO. The van der Waals surface area contributed by atoms with Crippen LogP contribution in [0.15, 0.2) is 30.3 Å². The Morgan fingerprint density at radius 3 is 2.14 bits per heavy atom. The highest BCUT2D eigenvalue weighted by atomic mass is 16.1. The molecule has 0 aromatic heterocycles. The summed E-state index contributed by atoms with van der Waals surface area (Å²) < 4.78 is 0. The van der Waals surface area contributed by atoms with Crippen molar-refractivity contribution < 1.29 is 4.79 Å². The Hall–Kier alpha value is -1.31. The highest BCUT2D eigenvalue weighted by Gasteiger charge is 2.30. The highest BCUT2D eigenvalue weighted by molar-refractivity contribution is 5.79. The lowest BCUT2D eigenvalue weighted by atomic mass is 9.77. The van der Waals surface area contributed by atoms with E-state index in [0.717, 1.165) is 25.8 Å². The molecule has 124 valence electrons. The predicted molar refractivity (Wildman–Crippen MR) is 94.8 cm³/mol. The van der Waals surface area contributed by atoms with Crippen molar-refractivity contribution in [1.82, 2.24) is 5.32 Å². The number of nitrogens with one attached hydrogen (secondary N) is 1. The van der Waals surface area contributed by atoms with Crippen LogP contribution in [0.25, 0.3) is 0 Å². The van der Waals surface area contributed by atoms with Gasteiger partial charge < -0.3 is 5.32 Å². The average Bonchev–Trinajstić information content (AvgIpc) is 2.37. The van der Waals surface area contributed by atoms with Crippen molar-refractivity contribution in [2.45, 2.75) is 60.8 Å². The van der Waals surface area contributed by atoms with Crippen LogP contribution in [0.2, 0.25) is 0 Å². The van der Waals surface area contributed by atoms with Crippen molar-refractivity contribution in [3.63, 3.8) is 0 Å². The number of hydrogen-bond acceptors (Lipinski definition) is 1. The number of benzene rings is 1. The topological polar surface area (TPSA) is 29.1 Å². The number of rotatable bonds is 6.